The van der Waals surface area contributed by atoms with Crippen LogP contribution in [0.5, 0.6) is 34.5 Å². The van der Waals surface area contributed by atoms with Gasteiger partial charge in [0.1, 0.15) is 52.8 Å². The summed E-state index contributed by atoms with van der Waals surface area (Å²) in [4.78, 5) is 102. The number of aliphatic hydroxyl groups excluding tert-OH is 3. The van der Waals surface area contributed by atoms with Crippen LogP contribution in [0.25, 0.3) is 0 Å². The summed E-state index contributed by atoms with van der Waals surface area (Å²) in [5.41, 5.74) is -14.7. The average molecular weight is 1660 g/mol. The first-order chi connectivity index (χ1) is 58.6. The lowest BCUT2D eigenvalue weighted by atomic mass is 9.52. The number of hydrogen-bond donors (Lipinski definition) is 3. The Bertz CT molecular complexity index is 3670. The first-order valence-electron chi connectivity index (χ1n) is 46.3. The highest BCUT2D eigenvalue weighted by Gasteiger charge is 2.88. The second-order valence-electron chi connectivity index (χ2n) is 32.7. The molecule has 1 fully saturated rings. The van der Waals surface area contributed by atoms with Gasteiger partial charge in [-0.3, -0.25) is 14.4 Å². The molecule has 18 heteroatoms. The zero-order valence-electron chi connectivity index (χ0n) is 73.5. The van der Waals surface area contributed by atoms with Gasteiger partial charge in [0, 0.05) is 16.7 Å². The molecule has 0 radical (unpaired) electrons. The smallest absolute Gasteiger partial charge is 0.339 e. The molecule has 0 bridgehead atoms. The van der Waals surface area contributed by atoms with E-state index in [1.165, 1.54) is 158 Å². The Kier molecular flexibility index (Phi) is 46.1. The first-order valence-corrected chi connectivity index (χ1v) is 46.3. The average Bonchev–Trinajstić information content (AvgIpc) is 0.657. The maximum absolute atomic E-state index is 18.0. The zero-order valence-corrected chi connectivity index (χ0v) is 73.5. The van der Waals surface area contributed by atoms with Crippen molar-refractivity contribution in [3.8, 4) is 34.5 Å². The fourth-order valence-electron chi connectivity index (χ4n) is 15.7. The standard InChI is InChI=1S/C102H144O18/c1-7-13-19-25-31-37-43-73-112-85-61-49-79(50-62-85)92(104)100(118-97(109)82-55-67-88(68-56-82)115-76-46-40-34-28-22-16-10-4)95(107)91(103)96(108)101(93(105)80-51-63-86(64-52-80)113-74-44-38-32-26-20-14-8-2,119-98(110)83-57-69-89(70-58-83)116-77-47-41-35-29-23-17-11-5)102(100,94(106)81-53-65-87(66-54-81)114-75-45-39-33-27-21-15-9-3)120-99(111)84-59-71-90(72-60-84)117-78-48-42-36-30-24-18-12-6/h49-72,91,95-96,103,107-108H,7-48,73-78H2,1-6H3/t91-,95-,96+,100+,101-,102-. The third-order valence-corrected chi connectivity index (χ3v) is 23.0. The van der Waals surface area contributed by atoms with E-state index in [1.807, 2.05) is 0 Å². The molecule has 660 valence electrons. The van der Waals surface area contributed by atoms with Gasteiger partial charge in [0.25, 0.3) is 16.8 Å². The molecule has 1 saturated carbocycles. The Hall–Kier alpha value is -8.58. The minimum absolute atomic E-state index is 0.271. The predicted octanol–water partition coefficient (Wildman–Crippen LogP) is 24.3. The van der Waals surface area contributed by atoms with Crippen LogP contribution >= 0.6 is 0 Å². The maximum Gasteiger partial charge on any atom is 0.339 e. The number of carbonyl (C=O) groups is 6. The summed E-state index contributed by atoms with van der Waals surface area (Å²) < 4.78 is 58.0. The van der Waals surface area contributed by atoms with E-state index in [-0.39, 0.29) is 40.5 Å². The van der Waals surface area contributed by atoms with Gasteiger partial charge in [-0.25, -0.2) is 14.4 Å². The molecule has 7 rings (SSSR count). The Morgan fingerprint density at radius 1 is 0.225 bits per heavy atom. The number of esters is 3. The van der Waals surface area contributed by atoms with Crippen molar-refractivity contribution in [2.45, 2.75) is 346 Å². The van der Waals surface area contributed by atoms with E-state index in [4.69, 9.17) is 42.6 Å². The molecule has 6 atom stereocenters. The molecular weight excluding hydrogens is 1510 g/mol. The number of Topliss-reactive ketones (excluding diaryl/α,β-unsaturated/α-hetero) is 3. The summed E-state index contributed by atoms with van der Waals surface area (Å²) in [6.45, 7) is 14.9. The van der Waals surface area contributed by atoms with E-state index in [0.717, 1.165) is 238 Å². The third-order valence-electron chi connectivity index (χ3n) is 23.0. The molecule has 1 aliphatic rings. The Morgan fingerprint density at radius 3 is 0.592 bits per heavy atom. The lowest BCUT2D eigenvalue weighted by Gasteiger charge is -2.60. The van der Waals surface area contributed by atoms with Crippen molar-refractivity contribution in [1.82, 2.24) is 0 Å². The molecule has 120 heavy (non-hydrogen) atoms. The second-order valence-corrected chi connectivity index (χ2v) is 32.7. The van der Waals surface area contributed by atoms with E-state index >= 15 is 28.8 Å². The van der Waals surface area contributed by atoms with Crippen LogP contribution in [0.2, 0.25) is 0 Å². The number of aliphatic hydroxyl groups is 3. The van der Waals surface area contributed by atoms with Crippen LogP contribution in [0.15, 0.2) is 146 Å². The summed E-state index contributed by atoms with van der Waals surface area (Å²) >= 11 is 0. The molecule has 0 amide bonds. The van der Waals surface area contributed by atoms with Crippen LogP contribution in [0.4, 0.5) is 0 Å². The summed E-state index contributed by atoms with van der Waals surface area (Å²) in [6, 6.07) is 33.2. The Labute approximate surface area is 717 Å². The van der Waals surface area contributed by atoms with Crippen molar-refractivity contribution in [1.29, 1.82) is 0 Å². The first kappa shape index (κ1) is 98.5. The number of rotatable bonds is 66. The van der Waals surface area contributed by atoms with Gasteiger partial charge in [0.05, 0.1) is 56.3 Å². The van der Waals surface area contributed by atoms with Crippen molar-refractivity contribution in [2.75, 3.05) is 39.6 Å². The van der Waals surface area contributed by atoms with E-state index in [9.17, 15) is 15.3 Å². The molecule has 3 N–H and O–H groups in total. The fraction of sp³-hybridized carbons (Fsp3) is 0.588. The normalized spacial score (nSPS) is 17.5. The largest absolute Gasteiger partial charge is 0.494 e. The number of unbranched alkanes of at least 4 members (excludes halogenated alkanes) is 36. The lowest BCUT2D eigenvalue weighted by molar-refractivity contribution is -0.293. The highest BCUT2D eigenvalue weighted by molar-refractivity contribution is 6.21. The van der Waals surface area contributed by atoms with Gasteiger partial charge in [0.2, 0.25) is 17.3 Å². The number of ether oxygens (including phenoxy) is 9. The van der Waals surface area contributed by atoms with Gasteiger partial charge in [-0.1, -0.05) is 273 Å². The maximum atomic E-state index is 18.0. The third kappa shape index (κ3) is 30.2. The minimum atomic E-state index is -4.21. The summed E-state index contributed by atoms with van der Waals surface area (Å²) in [7, 11) is 0. The summed E-state index contributed by atoms with van der Waals surface area (Å²) in [5, 5.41) is 41.2. The molecule has 6 aromatic carbocycles. The van der Waals surface area contributed by atoms with Crippen LogP contribution in [0.3, 0.4) is 0 Å². The van der Waals surface area contributed by atoms with E-state index in [2.05, 4.69) is 41.5 Å². The van der Waals surface area contributed by atoms with Gasteiger partial charge in [-0.05, 0) is 184 Å². The van der Waals surface area contributed by atoms with Gasteiger partial charge >= 0.3 is 17.9 Å². The molecular formula is C102H144O18. The van der Waals surface area contributed by atoms with Crippen molar-refractivity contribution in [2.24, 2.45) is 0 Å². The summed E-state index contributed by atoms with van der Waals surface area (Å²) in [5.74, 6) is -7.32. The highest BCUT2D eigenvalue weighted by Crippen LogP contribution is 2.57. The number of hydrogen-bond acceptors (Lipinski definition) is 18. The van der Waals surface area contributed by atoms with E-state index in [1.54, 1.807) is 0 Å². The molecule has 0 aromatic heterocycles. The van der Waals surface area contributed by atoms with Crippen LogP contribution in [-0.4, -0.2) is 125 Å². The van der Waals surface area contributed by atoms with Crippen molar-refractivity contribution >= 4 is 35.3 Å². The molecule has 0 heterocycles. The fourth-order valence-corrected chi connectivity index (χ4v) is 15.7. The van der Waals surface area contributed by atoms with E-state index < -0.39 is 87.1 Å². The molecule has 0 unspecified atom stereocenters. The van der Waals surface area contributed by atoms with Crippen LogP contribution < -0.4 is 28.4 Å². The Balaban J connectivity index is 1.51. The summed E-state index contributed by atoms with van der Waals surface area (Å²) in [6.07, 6.45) is 34.0. The molecule has 6 aromatic rings. The molecule has 0 saturated heterocycles. The molecule has 0 spiro atoms. The number of ketones is 3. The molecule has 0 aliphatic heterocycles. The lowest BCUT2D eigenvalue weighted by Crippen LogP contribution is -2.91. The quantitative estimate of drug-likeness (QED) is 0.0139. The SMILES string of the molecule is CCCCCCCCCOc1ccc(C(=O)O[C@@]2(C(=O)c3ccc(OCCCCCCCCC)cc3)[C@@](OC(=O)c3ccc(OCCCCCCCCC)cc3)(C(=O)c3ccc(OCCCCCCCCC)cc3)[C@@H](O)[C@H](O)[C@@H](O)[C@@]2(OC(=O)c2ccc(OCCCCCCCCC)cc2)C(=O)c2ccc(OCCCCCCCCC)cc2)cc1. The van der Waals surface area contributed by atoms with Gasteiger partial charge in [-0.15, -0.1) is 0 Å². The number of carbonyl (C=O) groups excluding carboxylic acids is 6. The minimum Gasteiger partial charge on any atom is -0.494 e. The van der Waals surface area contributed by atoms with Crippen LogP contribution in [0, 0.1) is 0 Å². The molecule has 18 nitrogen and oxygen atoms in total. The predicted molar refractivity (Wildman–Crippen MR) is 475 cm³/mol. The van der Waals surface area contributed by atoms with Crippen LogP contribution in [-0.2, 0) is 14.2 Å². The topological polar surface area (TPSA) is 246 Å². The second kappa shape index (κ2) is 56.2. The van der Waals surface area contributed by atoms with Crippen molar-refractivity contribution in [3.63, 3.8) is 0 Å². The monoisotopic (exact) mass is 1660 g/mol. The van der Waals surface area contributed by atoms with E-state index in [0.29, 0.717) is 69.5 Å². The van der Waals surface area contributed by atoms with Gasteiger partial charge in [0.15, 0.2) is 0 Å². The van der Waals surface area contributed by atoms with Crippen molar-refractivity contribution in [3.05, 3.63) is 179 Å². The number of benzene rings is 6. The van der Waals surface area contributed by atoms with Crippen molar-refractivity contribution < 1.29 is 86.7 Å². The van der Waals surface area contributed by atoms with Crippen LogP contribution in [0.1, 0.15) is 373 Å². The van der Waals surface area contributed by atoms with Gasteiger partial charge in [-0.2, -0.15) is 0 Å². The van der Waals surface area contributed by atoms with Gasteiger partial charge < -0.3 is 58.0 Å². The Morgan fingerprint density at radius 2 is 0.392 bits per heavy atom. The molecule has 1 aliphatic carbocycles. The zero-order chi connectivity index (χ0) is 85.9. The highest BCUT2D eigenvalue weighted by atomic mass is 16.7.